The molecule has 0 radical (unpaired) electrons. The number of piperidine rings is 1. The minimum atomic E-state index is -3.87. The summed E-state index contributed by atoms with van der Waals surface area (Å²) in [6.45, 7) is -0.282. The third-order valence-corrected chi connectivity index (χ3v) is 6.83. The molecule has 26 heavy (non-hydrogen) atoms. The van der Waals surface area contributed by atoms with Crippen molar-refractivity contribution < 1.29 is 22.3 Å². The molecular formula is C18H18ClF2NO3S. The quantitative estimate of drug-likeness (QED) is 0.852. The Morgan fingerprint density at radius 3 is 2.27 bits per heavy atom. The van der Waals surface area contributed by atoms with Crippen LogP contribution in [0.2, 0.25) is 5.02 Å². The third kappa shape index (κ3) is 3.91. The lowest BCUT2D eigenvalue weighted by atomic mass is 9.89. The van der Waals surface area contributed by atoms with Gasteiger partial charge in [-0.3, -0.25) is 0 Å². The molecule has 1 saturated heterocycles. The van der Waals surface area contributed by atoms with Gasteiger partial charge in [0.25, 0.3) is 0 Å². The Kier molecular flexibility index (Phi) is 5.62. The third-order valence-electron chi connectivity index (χ3n) is 4.64. The molecule has 1 heterocycles. The lowest BCUT2D eigenvalue weighted by molar-refractivity contribution is 0.145. The Morgan fingerprint density at radius 1 is 1.08 bits per heavy atom. The predicted molar refractivity (Wildman–Crippen MR) is 94.6 cm³/mol. The largest absolute Gasteiger partial charge is 0.395 e. The van der Waals surface area contributed by atoms with Crippen molar-refractivity contribution in [2.75, 3.05) is 13.2 Å². The number of benzene rings is 2. The molecule has 4 nitrogen and oxygen atoms in total. The number of nitrogens with zero attached hydrogens (tertiary/aromatic N) is 1. The van der Waals surface area contributed by atoms with Crippen molar-refractivity contribution >= 4 is 21.6 Å². The smallest absolute Gasteiger partial charge is 0.243 e. The molecule has 1 fully saturated rings. The van der Waals surface area contributed by atoms with Crippen molar-refractivity contribution in [2.24, 2.45) is 0 Å². The van der Waals surface area contributed by atoms with Crippen LogP contribution in [0.3, 0.4) is 0 Å². The maximum absolute atomic E-state index is 13.5. The van der Waals surface area contributed by atoms with E-state index in [1.165, 1.54) is 40.7 Å². The Bertz CT molecular complexity index is 870. The molecule has 1 N–H and O–H groups in total. The van der Waals surface area contributed by atoms with Crippen LogP contribution < -0.4 is 0 Å². The summed E-state index contributed by atoms with van der Waals surface area (Å²) in [5, 5.41) is 10.0. The zero-order chi connectivity index (χ0) is 18.9. The first kappa shape index (κ1) is 19.2. The van der Waals surface area contributed by atoms with Crippen LogP contribution in [0.1, 0.15) is 24.3 Å². The molecule has 8 heteroatoms. The minimum absolute atomic E-state index is 0.0408. The number of sulfonamides is 1. The monoisotopic (exact) mass is 401 g/mol. The fourth-order valence-corrected chi connectivity index (χ4v) is 5.11. The lowest BCUT2D eigenvalue weighted by Crippen LogP contribution is -2.47. The van der Waals surface area contributed by atoms with E-state index in [9.17, 15) is 22.3 Å². The van der Waals surface area contributed by atoms with Gasteiger partial charge in [-0.2, -0.15) is 4.31 Å². The number of hydrogen-bond acceptors (Lipinski definition) is 3. The van der Waals surface area contributed by atoms with Crippen LogP contribution in [0, 0.1) is 11.6 Å². The molecule has 0 amide bonds. The molecule has 3 rings (SSSR count). The van der Waals surface area contributed by atoms with Crippen molar-refractivity contribution in [3.8, 4) is 0 Å². The molecule has 1 aliphatic heterocycles. The van der Waals surface area contributed by atoms with Gasteiger partial charge in [-0.25, -0.2) is 17.2 Å². The topological polar surface area (TPSA) is 57.6 Å². The summed E-state index contributed by atoms with van der Waals surface area (Å²) in [7, 11) is -3.87. The summed E-state index contributed by atoms with van der Waals surface area (Å²) in [5.74, 6) is -1.75. The first-order chi connectivity index (χ1) is 12.3. The van der Waals surface area contributed by atoms with Crippen LogP contribution in [-0.4, -0.2) is 37.0 Å². The molecule has 0 bridgehead atoms. The highest BCUT2D eigenvalue weighted by Gasteiger charge is 2.37. The van der Waals surface area contributed by atoms with Crippen molar-refractivity contribution in [3.63, 3.8) is 0 Å². The van der Waals surface area contributed by atoms with E-state index in [0.717, 1.165) is 6.07 Å². The zero-order valence-corrected chi connectivity index (χ0v) is 15.4. The highest BCUT2D eigenvalue weighted by molar-refractivity contribution is 7.89. The van der Waals surface area contributed by atoms with E-state index in [1.54, 1.807) is 0 Å². The van der Waals surface area contributed by atoms with Gasteiger partial charge in [0.15, 0.2) is 0 Å². The van der Waals surface area contributed by atoms with E-state index in [2.05, 4.69) is 0 Å². The first-order valence-electron chi connectivity index (χ1n) is 8.15. The lowest BCUT2D eigenvalue weighted by Gasteiger charge is -2.38. The van der Waals surface area contributed by atoms with Crippen molar-refractivity contribution in [3.05, 3.63) is 64.7 Å². The Hall–Kier alpha value is -1.54. The summed E-state index contributed by atoms with van der Waals surface area (Å²) in [4.78, 5) is 0.0615. The number of aliphatic hydroxyl groups excluding tert-OH is 1. The van der Waals surface area contributed by atoms with Crippen LogP contribution in [0.25, 0.3) is 0 Å². The summed E-state index contributed by atoms with van der Waals surface area (Å²) in [5.41, 5.74) is 0.412. The van der Waals surface area contributed by atoms with Gasteiger partial charge in [-0.05, 0) is 60.7 Å². The number of aliphatic hydroxyl groups is 1. The van der Waals surface area contributed by atoms with Crippen LogP contribution in [0.4, 0.5) is 8.78 Å². The van der Waals surface area contributed by atoms with E-state index in [-0.39, 0.29) is 24.0 Å². The average Bonchev–Trinajstić information content (AvgIpc) is 2.60. The van der Waals surface area contributed by atoms with Gasteiger partial charge < -0.3 is 5.11 Å². The second-order valence-electron chi connectivity index (χ2n) is 6.34. The molecule has 2 aromatic carbocycles. The molecule has 0 aromatic heterocycles. The fourth-order valence-electron chi connectivity index (χ4n) is 3.30. The maximum Gasteiger partial charge on any atom is 0.243 e. The molecule has 0 unspecified atom stereocenters. The van der Waals surface area contributed by atoms with Crippen LogP contribution in [0.15, 0.2) is 47.4 Å². The van der Waals surface area contributed by atoms with Crippen LogP contribution in [-0.2, 0) is 10.0 Å². The summed E-state index contributed by atoms with van der Waals surface area (Å²) >= 11 is 5.82. The summed E-state index contributed by atoms with van der Waals surface area (Å²) < 4.78 is 54.3. The molecule has 1 aliphatic rings. The van der Waals surface area contributed by atoms with Crippen molar-refractivity contribution in [2.45, 2.75) is 29.7 Å². The Labute approximate surface area is 156 Å². The minimum Gasteiger partial charge on any atom is -0.395 e. The van der Waals surface area contributed by atoms with Gasteiger partial charge in [0.05, 0.1) is 11.5 Å². The normalized spacial score (nSPS) is 21.7. The van der Waals surface area contributed by atoms with Gasteiger partial charge in [0.2, 0.25) is 10.0 Å². The molecular weight excluding hydrogens is 384 g/mol. The van der Waals surface area contributed by atoms with Crippen molar-refractivity contribution in [1.29, 1.82) is 0 Å². The summed E-state index contributed by atoms with van der Waals surface area (Å²) in [6.07, 6.45) is 0.923. The van der Waals surface area contributed by atoms with Gasteiger partial charge >= 0.3 is 0 Å². The number of halogens is 3. The molecule has 2 aromatic rings. The van der Waals surface area contributed by atoms with E-state index in [1.807, 2.05) is 0 Å². The van der Waals surface area contributed by atoms with Gasteiger partial charge in [0.1, 0.15) is 11.6 Å². The predicted octanol–water partition coefficient (Wildman–Crippen LogP) is 3.55. The Morgan fingerprint density at radius 2 is 1.69 bits per heavy atom. The van der Waals surface area contributed by atoms with E-state index in [0.29, 0.717) is 23.4 Å². The van der Waals surface area contributed by atoms with Gasteiger partial charge in [0, 0.05) is 23.7 Å². The highest BCUT2D eigenvalue weighted by Crippen LogP contribution is 2.34. The highest BCUT2D eigenvalue weighted by atomic mass is 35.5. The van der Waals surface area contributed by atoms with Crippen molar-refractivity contribution in [1.82, 2.24) is 4.31 Å². The van der Waals surface area contributed by atoms with Crippen LogP contribution in [0.5, 0.6) is 0 Å². The molecule has 140 valence electrons. The second-order valence-corrected chi connectivity index (χ2v) is 8.67. The first-order valence-corrected chi connectivity index (χ1v) is 9.97. The zero-order valence-electron chi connectivity index (χ0n) is 13.8. The second kappa shape index (κ2) is 7.60. The van der Waals surface area contributed by atoms with Gasteiger partial charge in [-0.15, -0.1) is 0 Å². The van der Waals surface area contributed by atoms with Gasteiger partial charge in [-0.1, -0.05) is 11.6 Å². The summed E-state index contributed by atoms with van der Waals surface area (Å²) in [6, 6.07) is 8.41. The van der Waals surface area contributed by atoms with E-state index in [4.69, 9.17) is 11.6 Å². The van der Waals surface area contributed by atoms with E-state index >= 15 is 0 Å². The molecule has 0 spiro atoms. The maximum atomic E-state index is 13.5. The number of rotatable bonds is 4. The Balaban J connectivity index is 1.94. The van der Waals surface area contributed by atoms with Crippen LogP contribution >= 0.6 is 11.6 Å². The average molecular weight is 402 g/mol. The molecule has 0 saturated carbocycles. The van der Waals surface area contributed by atoms with E-state index < -0.39 is 27.7 Å². The number of hydrogen-bond donors (Lipinski definition) is 1. The molecule has 0 aliphatic carbocycles. The SMILES string of the molecule is O=S(=O)(c1ccc(Cl)cc1)N1C[C@H](c2cc(F)cc(F)c2)CC[C@@H]1CO. The fraction of sp³-hybridized carbons (Fsp3) is 0.333. The molecule has 2 atom stereocenters. The standard InChI is InChI=1S/C18H18ClF2NO3S/c19-14-2-5-18(6-3-14)26(24,25)22-10-12(1-4-17(22)11-23)13-7-15(20)9-16(21)8-13/h2-3,5-9,12,17,23H,1,4,10-11H2/t12-,17-/m1/s1.